The van der Waals surface area contributed by atoms with Crippen molar-refractivity contribution < 1.29 is 0 Å². The molecule has 18 heavy (non-hydrogen) atoms. The van der Waals surface area contributed by atoms with Gasteiger partial charge in [-0.15, -0.1) is 0 Å². The molecule has 1 atom stereocenters. The van der Waals surface area contributed by atoms with E-state index in [0.717, 1.165) is 25.9 Å². The molecule has 2 heterocycles. The minimum Gasteiger partial charge on any atom is -0.355 e. The summed E-state index contributed by atoms with van der Waals surface area (Å²) in [5, 5.41) is 7.92. The number of piperidine rings is 1. The van der Waals surface area contributed by atoms with Gasteiger partial charge in [-0.05, 0) is 38.5 Å². The maximum atomic E-state index is 5.98. The summed E-state index contributed by atoms with van der Waals surface area (Å²) in [6.45, 7) is 4.41. The zero-order valence-corrected chi connectivity index (χ0v) is 11.3. The van der Waals surface area contributed by atoms with Crippen molar-refractivity contribution in [2.75, 3.05) is 18.0 Å². The Morgan fingerprint density at radius 2 is 2.11 bits per heavy atom. The Morgan fingerprint density at radius 1 is 1.33 bits per heavy atom. The van der Waals surface area contributed by atoms with E-state index in [1.165, 1.54) is 42.8 Å². The molecule has 4 nitrogen and oxygen atoms in total. The number of nitrogens with zero attached hydrogens (tertiary/aromatic N) is 2. The van der Waals surface area contributed by atoms with E-state index in [0.29, 0.717) is 12.0 Å². The highest BCUT2D eigenvalue weighted by Crippen LogP contribution is 2.37. The average Bonchev–Trinajstić information content (AvgIpc) is 2.83. The van der Waals surface area contributed by atoms with Crippen LogP contribution in [0.5, 0.6) is 0 Å². The molecule has 0 aromatic carbocycles. The lowest BCUT2D eigenvalue weighted by Crippen LogP contribution is -2.40. The molecule has 0 saturated carbocycles. The molecule has 1 unspecified atom stereocenters. The zero-order chi connectivity index (χ0) is 12.5. The van der Waals surface area contributed by atoms with Crippen molar-refractivity contribution in [2.24, 2.45) is 5.73 Å². The van der Waals surface area contributed by atoms with Crippen LogP contribution in [0.1, 0.15) is 56.2 Å². The second-order valence-corrected chi connectivity index (χ2v) is 5.76. The minimum absolute atomic E-state index is 0.388. The van der Waals surface area contributed by atoms with E-state index in [4.69, 9.17) is 5.73 Å². The largest absolute Gasteiger partial charge is 0.355 e. The summed E-state index contributed by atoms with van der Waals surface area (Å²) in [5.74, 6) is 1.91. The number of hydrogen-bond acceptors (Lipinski definition) is 3. The Kier molecular flexibility index (Phi) is 3.29. The third-order valence-electron chi connectivity index (χ3n) is 4.60. The van der Waals surface area contributed by atoms with Crippen LogP contribution in [0.2, 0.25) is 0 Å². The minimum atomic E-state index is 0.388. The number of aromatic amines is 1. The molecule has 2 aliphatic rings. The Labute approximate surface area is 109 Å². The van der Waals surface area contributed by atoms with E-state index < -0.39 is 0 Å². The van der Waals surface area contributed by atoms with Crippen molar-refractivity contribution in [1.29, 1.82) is 0 Å². The maximum Gasteiger partial charge on any atom is 0.153 e. The monoisotopic (exact) mass is 248 g/mol. The van der Waals surface area contributed by atoms with Gasteiger partial charge in [0.15, 0.2) is 5.82 Å². The van der Waals surface area contributed by atoms with Gasteiger partial charge in [-0.3, -0.25) is 5.10 Å². The van der Waals surface area contributed by atoms with E-state index >= 15 is 0 Å². The van der Waals surface area contributed by atoms with Crippen LogP contribution in [-0.2, 0) is 6.42 Å². The smallest absolute Gasteiger partial charge is 0.153 e. The summed E-state index contributed by atoms with van der Waals surface area (Å²) in [4.78, 5) is 2.43. The van der Waals surface area contributed by atoms with E-state index in [2.05, 4.69) is 22.0 Å². The summed E-state index contributed by atoms with van der Waals surface area (Å²) in [7, 11) is 0. The first-order valence-corrected chi connectivity index (χ1v) is 7.37. The SMILES string of the molecule is CCC1CCCc2c(N3CCC(N)CC3)n[nH]c21. The second kappa shape index (κ2) is 4.92. The van der Waals surface area contributed by atoms with Crippen LogP contribution in [0.25, 0.3) is 0 Å². The van der Waals surface area contributed by atoms with Gasteiger partial charge in [-0.1, -0.05) is 6.92 Å². The molecule has 1 aliphatic heterocycles. The molecule has 3 rings (SSSR count). The molecule has 100 valence electrons. The van der Waals surface area contributed by atoms with Crippen LogP contribution in [0.3, 0.4) is 0 Å². The Hall–Kier alpha value is -1.03. The zero-order valence-electron chi connectivity index (χ0n) is 11.3. The van der Waals surface area contributed by atoms with E-state index in [1.54, 1.807) is 0 Å². The number of hydrogen-bond donors (Lipinski definition) is 2. The van der Waals surface area contributed by atoms with Crippen molar-refractivity contribution in [3.8, 4) is 0 Å². The lowest BCUT2D eigenvalue weighted by atomic mass is 9.86. The highest BCUT2D eigenvalue weighted by Gasteiger charge is 2.27. The van der Waals surface area contributed by atoms with Gasteiger partial charge in [0.1, 0.15) is 0 Å². The van der Waals surface area contributed by atoms with Crippen LogP contribution >= 0.6 is 0 Å². The number of fused-ring (bicyclic) bond motifs is 1. The molecule has 0 radical (unpaired) electrons. The van der Waals surface area contributed by atoms with E-state index in [9.17, 15) is 0 Å². The van der Waals surface area contributed by atoms with Crippen molar-refractivity contribution in [3.63, 3.8) is 0 Å². The fourth-order valence-corrected chi connectivity index (χ4v) is 3.40. The van der Waals surface area contributed by atoms with Gasteiger partial charge in [0.2, 0.25) is 0 Å². The first-order chi connectivity index (χ1) is 8.79. The third kappa shape index (κ3) is 2.03. The van der Waals surface area contributed by atoms with Gasteiger partial charge in [-0.25, -0.2) is 0 Å². The van der Waals surface area contributed by atoms with Gasteiger partial charge in [0, 0.05) is 36.3 Å². The highest BCUT2D eigenvalue weighted by atomic mass is 15.3. The molecule has 1 aromatic heterocycles. The molecular weight excluding hydrogens is 224 g/mol. The van der Waals surface area contributed by atoms with Crippen LogP contribution < -0.4 is 10.6 Å². The number of aromatic nitrogens is 2. The molecule has 1 aromatic rings. The number of rotatable bonds is 2. The summed E-state index contributed by atoms with van der Waals surface area (Å²) in [6.07, 6.45) is 7.23. The van der Waals surface area contributed by atoms with Gasteiger partial charge >= 0.3 is 0 Å². The molecule has 3 N–H and O–H groups in total. The topological polar surface area (TPSA) is 57.9 Å². The Balaban J connectivity index is 1.83. The molecule has 4 heteroatoms. The predicted molar refractivity (Wildman–Crippen MR) is 74.0 cm³/mol. The van der Waals surface area contributed by atoms with Crippen LogP contribution in [0.4, 0.5) is 5.82 Å². The predicted octanol–water partition coefficient (Wildman–Crippen LogP) is 2.17. The Morgan fingerprint density at radius 3 is 2.83 bits per heavy atom. The molecule has 0 bridgehead atoms. The van der Waals surface area contributed by atoms with Crippen molar-refractivity contribution in [1.82, 2.24) is 10.2 Å². The van der Waals surface area contributed by atoms with E-state index in [-0.39, 0.29) is 0 Å². The third-order valence-corrected chi connectivity index (χ3v) is 4.60. The lowest BCUT2D eigenvalue weighted by Gasteiger charge is -2.31. The number of H-pyrrole nitrogens is 1. The molecule has 1 saturated heterocycles. The van der Waals surface area contributed by atoms with Crippen molar-refractivity contribution in [2.45, 2.75) is 57.4 Å². The second-order valence-electron chi connectivity index (χ2n) is 5.76. The van der Waals surface area contributed by atoms with Crippen LogP contribution in [0.15, 0.2) is 0 Å². The maximum absolute atomic E-state index is 5.98. The van der Waals surface area contributed by atoms with Gasteiger partial charge in [0.25, 0.3) is 0 Å². The average molecular weight is 248 g/mol. The summed E-state index contributed by atoms with van der Waals surface area (Å²) in [5.41, 5.74) is 8.88. The summed E-state index contributed by atoms with van der Waals surface area (Å²) >= 11 is 0. The van der Waals surface area contributed by atoms with Crippen LogP contribution in [0, 0.1) is 0 Å². The van der Waals surface area contributed by atoms with E-state index in [1.807, 2.05) is 0 Å². The highest BCUT2D eigenvalue weighted by molar-refractivity contribution is 5.51. The summed E-state index contributed by atoms with van der Waals surface area (Å²) in [6, 6.07) is 0.388. The number of anilines is 1. The standard InChI is InChI=1S/C14H24N4/c1-2-10-4-3-5-12-13(10)16-17-14(12)18-8-6-11(15)7-9-18/h10-11H,2-9,15H2,1H3,(H,16,17). The number of nitrogens with two attached hydrogens (primary N) is 1. The van der Waals surface area contributed by atoms with Crippen LogP contribution in [-0.4, -0.2) is 29.3 Å². The van der Waals surface area contributed by atoms with Gasteiger partial charge in [-0.2, -0.15) is 5.10 Å². The number of nitrogens with one attached hydrogen (secondary N) is 1. The quantitative estimate of drug-likeness (QED) is 0.843. The lowest BCUT2D eigenvalue weighted by molar-refractivity contribution is 0.496. The Bertz CT molecular complexity index is 404. The summed E-state index contributed by atoms with van der Waals surface area (Å²) < 4.78 is 0. The first kappa shape index (κ1) is 12.0. The normalized spacial score (nSPS) is 25.2. The molecular formula is C14H24N4. The fraction of sp³-hybridized carbons (Fsp3) is 0.786. The van der Waals surface area contributed by atoms with Crippen molar-refractivity contribution >= 4 is 5.82 Å². The molecule has 1 aliphatic carbocycles. The molecule has 0 amide bonds. The molecule has 1 fully saturated rings. The van der Waals surface area contributed by atoms with Gasteiger partial charge in [0.05, 0.1) is 0 Å². The van der Waals surface area contributed by atoms with Gasteiger partial charge < -0.3 is 10.6 Å². The molecule has 0 spiro atoms. The fourth-order valence-electron chi connectivity index (χ4n) is 3.40. The first-order valence-electron chi connectivity index (χ1n) is 7.37. The van der Waals surface area contributed by atoms with Crippen molar-refractivity contribution in [3.05, 3.63) is 11.3 Å².